The van der Waals surface area contributed by atoms with Crippen LogP contribution in [0.4, 0.5) is 35.1 Å². The number of pyridine rings is 2. The highest BCUT2D eigenvalue weighted by Crippen LogP contribution is 2.41. The monoisotopic (exact) mass is 1100 g/mol. The molecule has 0 radical (unpaired) electrons. The van der Waals surface area contributed by atoms with Crippen molar-refractivity contribution in [1.82, 2.24) is 94.5 Å². The lowest BCUT2D eigenvalue weighted by Crippen LogP contribution is -2.25. The fraction of sp³-hybridized carbons (Fsp3) is 0.261. The number of tetrazole rings is 2. The molecule has 0 aliphatic heterocycles. The highest BCUT2D eigenvalue weighted by Gasteiger charge is 2.35. The van der Waals surface area contributed by atoms with Crippen LogP contribution in [0.2, 0.25) is 0 Å². The summed E-state index contributed by atoms with van der Waals surface area (Å²) in [7, 11) is 0. The third kappa shape index (κ3) is 12.7. The maximum absolute atomic E-state index is 15.0. The molecule has 2 aliphatic carbocycles. The number of imidazole rings is 2. The van der Waals surface area contributed by atoms with Gasteiger partial charge in [0, 0.05) is 49.0 Å². The first-order valence-electron chi connectivity index (χ1n) is 23.4. The van der Waals surface area contributed by atoms with Crippen LogP contribution >= 0.6 is 0 Å². The van der Waals surface area contributed by atoms with Crippen molar-refractivity contribution in [3.05, 3.63) is 155 Å². The molecule has 2 saturated carbocycles. The molecule has 33 heteroatoms. The molecule has 8 aromatic heterocycles. The zero-order chi connectivity index (χ0) is 55.6. The highest BCUT2D eigenvalue weighted by molar-refractivity contribution is 5.91. The summed E-state index contributed by atoms with van der Waals surface area (Å²) < 4.78 is 120. The summed E-state index contributed by atoms with van der Waals surface area (Å²) in [5, 5.41) is 47.2. The van der Waals surface area contributed by atoms with Crippen molar-refractivity contribution in [3.8, 4) is 22.9 Å². The molecule has 2 aromatic carbocycles. The van der Waals surface area contributed by atoms with Crippen LogP contribution in [0.25, 0.3) is 22.7 Å². The number of benzene rings is 2. The first kappa shape index (κ1) is 52.6. The largest absolute Gasteiger partial charge is 0.573 e. The standard InChI is InChI=1S/C23H18F4N10O2.C14H13N5O2.C9H7F4N5O/c24-21-16(18(37-12-29-32-34-37)4-5-19(21)39-23(25,26)27)7-28-22(38)17-11-36(33-31-17)10-15-9-35-8-14(13-1-2-13)3-6-20(35)30-15;20-14(21)12-8-19(17-16-12)7-11-6-18-5-10(9-1-2-9)3-4-13(18)15-11;10-8-5(3-14)6(18-4-15-16-17-18)1-2-7(8)19-9(11,12)13/h3-6,8-9,11-13H,1-2,7,10H2,(H,28,38);3-6,8-9H,1-2,7H2,(H,20,21);1-2,4H,3,14H2. The number of carboxylic acid groups (broad SMARTS) is 1. The Labute approximate surface area is 436 Å². The number of rotatable bonds is 15. The van der Waals surface area contributed by atoms with E-state index < -0.39 is 54.3 Å². The molecule has 408 valence electrons. The van der Waals surface area contributed by atoms with Crippen LogP contribution in [0.3, 0.4) is 0 Å². The van der Waals surface area contributed by atoms with Gasteiger partial charge in [-0.1, -0.05) is 22.6 Å². The van der Waals surface area contributed by atoms with Crippen molar-refractivity contribution < 1.29 is 59.3 Å². The van der Waals surface area contributed by atoms with Crippen LogP contribution in [0.1, 0.15) is 92.1 Å². The number of nitrogens with two attached hydrogens (primary N) is 1. The molecular weight excluding hydrogens is 1060 g/mol. The Morgan fingerprint density at radius 1 is 0.620 bits per heavy atom. The summed E-state index contributed by atoms with van der Waals surface area (Å²) >= 11 is 0. The number of nitrogens with zero attached hydrogens (tertiary/aromatic N) is 18. The summed E-state index contributed by atoms with van der Waals surface area (Å²) in [6, 6.07) is 12.1. The SMILES string of the molecule is NCc1c(-n2cnnn2)ccc(OC(F)(F)F)c1F.O=C(NCc1c(-n2cnnn2)ccc(OC(F)(F)F)c1F)c1cn(Cc2cn3cc(C4CC4)ccc3n2)nn1.O=C(O)c1cn(Cc2cn3cc(C4CC4)ccc3n2)nn1. The number of hydrogen-bond acceptors (Lipinski definition) is 17. The summed E-state index contributed by atoms with van der Waals surface area (Å²) in [5.41, 5.74) is 10.6. The third-order valence-corrected chi connectivity index (χ3v) is 12.0. The summed E-state index contributed by atoms with van der Waals surface area (Å²) in [5.74, 6) is -5.05. The molecule has 10 aromatic rings. The lowest BCUT2D eigenvalue weighted by molar-refractivity contribution is -0.276. The van der Waals surface area contributed by atoms with Crippen molar-refractivity contribution >= 4 is 23.2 Å². The van der Waals surface area contributed by atoms with E-state index >= 15 is 4.39 Å². The Morgan fingerprint density at radius 3 is 1.52 bits per heavy atom. The van der Waals surface area contributed by atoms with E-state index in [0.29, 0.717) is 24.1 Å². The number of nitrogens with one attached hydrogen (secondary N) is 1. The number of ether oxygens (including phenoxy) is 2. The number of carboxylic acids is 1. The highest BCUT2D eigenvalue weighted by atomic mass is 19.4. The maximum Gasteiger partial charge on any atom is 0.573 e. The minimum absolute atomic E-state index is 0.00710. The van der Waals surface area contributed by atoms with Gasteiger partial charge in [0.05, 0.1) is 48.2 Å². The van der Waals surface area contributed by atoms with Gasteiger partial charge >= 0.3 is 18.7 Å². The fourth-order valence-corrected chi connectivity index (χ4v) is 8.06. The minimum atomic E-state index is -5.11. The average Bonchev–Trinajstić information content (AvgIpc) is 4.00. The Kier molecular flexibility index (Phi) is 14.4. The van der Waals surface area contributed by atoms with Crippen LogP contribution in [0.15, 0.2) is 98.4 Å². The zero-order valence-corrected chi connectivity index (χ0v) is 40.3. The third-order valence-electron chi connectivity index (χ3n) is 12.0. The molecule has 4 N–H and O–H groups in total. The van der Waals surface area contributed by atoms with Crippen molar-refractivity contribution in [2.45, 2.75) is 76.4 Å². The van der Waals surface area contributed by atoms with Gasteiger partial charge in [0.1, 0.15) is 23.9 Å². The number of halogens is 8. The zero-order valence-electron chi connectivity index (χ0n) is 40.3. The molecule has 0 atom stereocenters. The molecule has 1 amide bonds. The van der Waals surface area contributed by atoms with E-state index in [1.807, 2.05) is 33.3 Å². The number of carbonyl (C=O) groups excluding carboxylic acids is 1. The second-order valence-electron chi connectivity index (χ2n) is 17.6. The number of fused-ring (bicyclic) bond motifs is 2. The molecule has 0 bridgehead atoms. The summed E-state index contributed by atoms with van der Waals surface area (Å²) in [6.07, 6.45) is 7.90. The van der Waals surface area contributed by atoms with E-state index in [4.69, 9.17) is 10.8 Å². The molecule has 0 spiro atoms. The molecular formula is C46H38F8N20O5. The predicted molar refractivity (Wildman–Crippen MR) is 250 cm³/mol. The van der Waals surface area contributed by atoms with Crippen LogP contribution < -0.4 is 20.5 Å². The first-order chi connectivity index (χ1) is 37.8. The van der Waals surface area contributed by atoms with Crippen molar-refractivity contribution in [3.63, 3.8) is 0 Å². The minimum Gasteiger partial charge on any atom is -0.476 e. The Balaban J connectivity index is 0.000000148. The molecule has 0 unspecified atom stereocenters. The maximum atomic E-state index is 15.0. The Bertz CT molecular complexity index is 3790. The molecule has 0 saturated heterocycles. The molecule has 2 fully saturated rings. The summed E-state index contributed by atoms with van der Waals surface area (Å²) in [6.45, 7) is -0.204. The van der Waals surface area contributed by atoms with Gasteiger partial charge in [0.25, 0.3) is 5.91 Å². The smallest absolute Gasteiger partial charge is 0.476 e. The molecule has 8 heterocycles. The van der Waals surface area contributed by atoms with E-state index in [0.717, 1.165) is 57.2 Å². The van der Waals surface area contributed by atoms with Gasteiger partial charge in [-0.05, 0) is 106 Å². The number of aromatic nitrogens is 18. The number of alkyl halides is 6. The second-order valence-corrected chi connectivity index (χ2v) is 17.6. The molecule has 25 nitrogen and oxygen atoms in total. The Morgan fingerprint density at radius 2 is 1.09 bits per heavy atom. The van der Waals surface area contributed by atoms with Gasteiger partial charge in [0.2, 0.25) is 0 Å². The quantitative estimate of drug-likeness (QED) is 0.107. The molecule has 2 aliphatic rings. The van der Waals surface area contributed by atoms with Gasteiger partial charge in [-0.25, -0.2) is 42.3 Å². The van der Waals surface area contributed by atoms with E-state index in [2.05, 4.69) is 101 Å². The van der Waals surface area contributed by atoms with Crippen molar-refractivity contribution in [2.75, 3.05) is 0 Å². The first-order valence-corrected chi connectivity index (χ1v) is 23.4. The fourth-order valence-electron chi connectivity index (χ4n) is 8.06. The lowest BCUT2D eigenvalue weighted by Gasteiger charge is -2.15. The van der Waals surface area contributed by atoms with E-state index in [1.165, 1.54) is 64.6 Å². The van der Waals surface area contributed by atoms with Gasteiger partial charge < -0.3 is 34.4 Å². The topological polar surface area (TPSA) is 294 Å². The van der Waals surface area contributed by atoms with E-state index in [9.17, 15) is 40.3 Å². The van der Waals surface area contributed by atoms with E-state index in [-0.39, 0.29) is 47.0 Å². The van der Waals surface area contributed by atoms with Crippen LogP contribution in [0, 0.1) is 11.6 Å². The van der Waals surface area contributed by atoms with Crippen LogP contribution in [0.5, 0.6) is 11.5 Å². The number of aromatic carboxylic acids is 1. The van der Waals surface area contributed by atoms with Gasteiger partial charge in [-0.3, -0.25) is 4.79 Å². The number of amides is 1. The van der Waals surface area contributed by atoms with Crippen LogP contribution in [-0.2, 0) is 26.2 Å². The van der Waals surface area contributed by atoms with Gasteiger partial charge in [0.15, 0.2) is 34.5 Å². The second kappa shape index (κ2) is 21.7. The van der Waals surface area contributed by atoms with Crippen molar-refractivity contribution in [1.29, 1.82) is 0 Å². The molecule has 79 heavy (non-hydrogen) atoms. The van der Waals surface area contributed by atoms with Gasteiger partial charge in [-0.2, -0.15) is 0 Å². The van der Waals surface area contributed by atoms with Gasteiger partial charge in [-0.15, -0.1) is 46.7 Å². The lowest BCUT2D eigenvalue weighted by atomic mass is 10.1. The number of hydrogen-bond donors (Lipinski definition) is 3. The Hall–Kier alpha value is -9.82. The normalized spacial score (nSPS) is 13.4. The van der Waals surface area contributed by atoms with E-state index in [1.54, 1.807) is 0 Å². The molecule has 12 rings (SSSR count). The van der Waals surface area contributed by atoms with Crippen LogP contribution in [-0.4, -0.2) is 119 Å². The number of carbonyl (C=O) groups is 2. The predicted octanol–water partition coefficient (Wildman–Crippen LogP) is 5.50. The average molecular weight is 1100 g/mol. The summed E-state index contributed by atoms with van der Waals surface area (Å²) in [4.78, 5) is 32.6. The van der Waals surface area contributed by atoms with Crippen molar-refractivity contribution in [2.24, 2.45) is 5.73 Å².